The predicted octanol–water partition coefficient (Wildman–Crippen LogP) is 3.73. The molecule has 0 spiro atoms. The Morgan fingerprint density at radius 1 is 1.09 bits per heavy atom. The van der Waals surface area contributed by atoms with Gasteiger partial charge in [-0.2, -0.15) is 35.4 Å². The summed E-state index contributed by atoms with van der Waals surface area (Å²) in [6.45, 7) is 8.68. The fourth-order valence-corrected chi connectivity index (χ4v) is 2.22. The van der Waals surface area contributed by atoms with E-state index in [4.69, 9.17) is 0 Å². The van der Waals surface area contributed by atoms with E-state index in [9.17, 15) is 0 Å². The Hall–Kier alpha value is -0.539. The van der Waals surface area contributed by atoms with Gasteiger partial charge in [-0.25, -0.2) is 0 Å². The first-order valence-electron chi connectivity index (χ1n) is 7.61. The molecule has 0 bridgehead atoms. The van der Waals surface area contributed by atoms with Gasteiger partial charge in [0.15, 0.2) is 0 Å². The van der Waals surface area contributed by atoms with Crippen molar-refractivity contribution in [3.63, 3.8) is 0 Å². The average molecular weight is 346 g/mol. The predicted molar refractivity (Wildman–Crippen MR) is 97.9 cm³/mol. The van der Waals surface area contributed by atoms with Crippen molar-refractivity contribution in [3.05, 3.63) is 64.0 Å². The average Bonchev–Trinajstić information content (AvgIpc) is 3.28. The van der Waals surface area contributed by atoms with Crippen LogP contribution in [-0.4, -0.2) is 23.3 Å². The molecule has 0 N–H and O–H groups in total. The van der Waals surface area contributed by atoms with E-state index in [1.807, 2.05) is 35.5 Å². The zero-order valence-corrected chi connectivity index (χ0v) is 17.6. The van der Waals surface area contributed by atoms with Crippen LogP contribution >= 0.6 is 0 Å². The van der Waals surface area contributed by atoms with E-state index in [1.54, 1.807) is 0 Å². The van der Waals surface area contributed by atoms with E-state index in [2.05, 4.69) is 51.2 Å². The third kappa shape index (κ3) is 8.19. The summed E-state index contributed by atoms with van der Waals surface area (Å²) < 4.78 is 0. The Balaban J connectivity index is 0.000000305. The molecule has 0 amide bonds. The monoisotopic (exact) mass is 346 g/mol. The van der Waals surface area contributed by atoms with Crippen molar-refractivity contribution >= 4 is 15.4 Å². The summed E-state index contributed by atoms with van der Waals surface area (Å²) in [4.78, 5) is 0. The molecule has 0 aliphatic heterocycles. The molecule has 0 atom stereocenters. The topological polar surface area (TPSA) is 14.1 Å². The maximum atomic E-state index is 4.00. The number of nitrogens with zero attached hydrogens (tertiary/aromatic N) is 1. The second kappa shape index (κ2) is 11.1. The summed E-state index contributed by atoms with van der Waals surface area (Å²) in [5.41, 5.74) is 5.75. The first kappa shape index (κ1) is 21.5. The fraction of sp³-hybridized carbons (Fsp3) is 0.421. The van der Waals surface area contributed by atoms with Crippen molar-refractivity contribution in [2.24, 2.45) is 0 Å². The minimum atomic E-state index is 0. The smallest absolute Gasteiger partial charge is 0.662 e. The second-order valence-electron chi connectivity index (χ2n) is 5.74. The summed E-state index contributed by atoms with van der Waals surface area (Å²) in [6.07, 6.45) is 2.69. The summed E-state index contributed by atoms with van der Waals surface area (Å²) in [6, 6.07) is 13.3. The van der Waals surface area contributed by atoms with Crippen LogP contribution in [0, 0.1) is 27.7 Å². The van der Waals surface area contributed by atoms with Gasteiger partial charge in [0.2, 0.25) is 0 Å². The van der Waals surface area contributed by atoms with Gasteiger partial charge in [0, 0.05) is 10.2 Å². The van der Waals surface area contributed by atoms with Crippen LogP contribution in [-0.2, 0) is 21.7 Å². The normalized spacial score (nSPS) is 12.3. The van der Waals surface area contributed by atoms with E-state index < -0.39 is 0 Å². The van der Waals surface area contributed by atoms with Crippen LogP contribution in [0.3, 0.4) is 0 Å². The molecule has 1 nitrogen and oxygen atoms in total. The van der Waals surface area contributed by atoms with E-state index in [1.165, 1.54) is 40.3 Å². The molecule has 0 unspecified atom stereocenters. The third-order valence-electron chi connectivity index (χ3n) is 3.93. The van der Waals surface area contributed by atoms with Gasteiger partial charge >= 0.3 is 21.7 Å². The van der Waals surface area contributed by atoms with Gasteiger partial charge in [0.25, 0.3) is 0 Å². The quantitative estimate of drug-likeness (QED) is 0.552. The molecule has 117 valence electrons. The Kier molecular flexibility index (Phi) is 10.8. The van der Waals surface area contributed by atoms with E-state index >= 15 is 0 Å². The summed E-state index contributed by atoms with van der Waals surface area (Å²) >= 11 is 0. The maximum Gasteiger partial charge on any atom is 2.00 e. The van der Waals surface area contributed by atoms with E-state index in [0.29, 0.717) is 0 Å². The third-order valence-corrected chi connectivity index (χ3v) is 4.40. The number of hydrogen-bond donors (Lipinski definition) is 0. The molecule has 2 aromatic carbocycles. The Morgan fingerprint density at radius 3 is 1.77 bits per heavy atom. The molecule has 0 heterocycles. The molecule has 2 aromatic rings. The molecule has 1 radical (unpaired) electrons. The number of benzene rings is 1. The van der Waals surface area contributed by atoms with Crippen LogP contribution in [0.1, 0.15) is 35.1 Å². The summed E-state index contributed by atoms with van der Waals surface area (Å²) in [5, 5.41) is 5.35. The number of rotatable bonds is 1. The molecule has 0 saturated heterocycles. The van der Waals surface area contributed by atoms with Crippen molar-refractivity contribution in [3.8, 4) is 0 Å². The van der Waals surface area contributed by atoms with Crippen LogP contribution in [0.4, 0.5) is 0 Å². The van der Waals surface area contributed by atoms with Gasteiger partial charge in [0.05, 0.1) is 0 Å². The number of hydrogen-bond acceptors (Lipinski definition) is 0. The molecular formula is C19H28NSiTi. The van der Waals surface area contributed by atoms with Crippen molar-refractivity contribution in [1.29, 1.82) is 0 Å². The Labute approximate surface area is 154 Å². The first-order valence-corrected chi connectivity index (χ1v) is 8.32. The molecule has 1 aliphatic carbocycles. The van der Waals surface area contributed by atoms with Gasteiger partial charge in [-0.3, -0.25) is 0 Å². The van der Waals surface area contributed by atoms with Crippen LogP contribution in [0.25, 0.3) is 5.32 Å². The molecule has 22 heavy (non-hydrogen) atoms. The minimum Gasteiger partial charge on any atom is -0.662 e. The fourth-order valence-electron chi connectivity index (χ4n) is 1.94. The van der Waals surface area contributed by atoms with Gasteiger partial charge < -0.3 is 5.32 Å². The summed E-state index contributed by atoms with van der Waals surface area (Å²) in [7, 11) is 3.79. The Bertz CT molecular complexity index is 507. The molecule has 1 saturated carbocycles. The molecular weight excluding hydrogens is 318 g/mol. The maximum absolute atomic E-state index is 4.00. The molecule has 3 heteroatoms. The van der Waals surface area contributed by atoms with Gasteiger partial charge in [0.1, 0.15) is 0 Å². The zero-order valence-electron chi connectivity index (χ0n) is 14.6. The molecule has 3 rings (SSSR count). The number of aryl methyl sites for hydroxylation is 2. The van der Waals surface area contributed by atoms with Crippen molar-refractivity contribution in [2.45, 2.75) is 46.6 Å². The van der Waals surface area contributed by atoms with E-state index in [-0.39, 0.29) is 21.7 Å². The van der Waals surface area contributed by atoms with Crippen LogP contribution in [0.2, 0.25) is 0 Å². The van der Waals surface area contributed by atoms with Crippen LogP contribution < -0.4 is 5.19 Å². The van der Waals surface area contributed by atoms with E-state index in [0.717, 1.165) is 6.04 Å². The van der Waals surface area contributed by atoms with Gasteiger partial charge in [-0.15, -0.1) is 6.04 Å². The minimum absolute atomic E-state index is 0. The van der Waals surface area contributed by atoms with Crippen molar-refractivity contribution in [2.75, 3.05) is 7.05 Å². The van der Waals surface area contributed by atoms with Crippen molar-refractivity contribution < 1.29 is 21.7 Å². The van der Waals surface area contributed by atoms with Gasteiger partial charge in [-0.1, -0.05) is 76.1 Å². The second-order valence-corrected chi connectivity index (χ2v) is 6.55. The zero-order chi connectivity index (χ0) is 15.8. The summed E-state index contributed by atoms with van der Waals surface area (Å²) in [5.74, 6) is 0. The van der Waals surface area contributed by atoms with Crippen LogP contribution in [0.5, 0.6) is 0 Å². The Morgan fingerprint density at radius 2 is 1.64 bits per heavy atom. The largest absolute Gasteiger partial charge is 2.00 e. The van der Waals surface area contributed by atoms with Gasteiger partial charge in [-0.05, 0) is 0 Å². The van der Waals surface area contributed by atoms with Crippen molar-refractivity contribution in [1.82, 2.24) is 0 Å². The standard InChI is InChI=1S/C9H13.C6H7Si.C4H8N.Ti/c1-6-5-7(2)9(4)8(6)3;7-6-4-2-1-3-5-6;1-5-4-2-3-4;/h5H,1-4H3;1-5H,7H2;4H,2-3H2,1H3;/q-1;;-1;+2. The molecule has 1 fully saturated rings. The van der Waals surface area contributed by atoms with Crippen LogP contribution in [0.15, 0.2) is 36.4 Å². The SMILES string of the molecule is C[N-]C1CC1.Cc1c[c-](C)c(C)c1C.[SiH2]c1ccccc1.[Ti+2]. The molecule has 0 aromatic heterocycles. The first-order chi connectivity index (χ1) is 9.95. The molecule has 1 aliphatic rings.